The van der Waals surface area contributed by atoms with Gasteiger partial charge in [0.15, 0.2) is 0 Å². The molecule has 164 valence electrons. The molecular weight excluding hydrogens is 418 g/mol. The number of hydrogen-bond donors (Lipinski definition) is 1. The molecule has 0 bridgehead atoms. The lowest BCUT2D eigenvalue weighted by Crippen LogP contribution is -2.33. The highest BCUT2D eigenvalue weighted by atomic mass is 32.1. The number of nitrogens with zero attached hydrogens (tertiary/aromatic N) is 2. The Kier molecular flexibility index (Phi) is 6.24. The van der Waals surface area contributed by atoms with E-state index in [-0.39, 0.29) is 11.5 Å². The molecule has 4 rings (SSSR count). The van der Waals surface area contributed by atoms with Crippen molar-refractivity contribution in [2.75, 3.05) is 5.32 Å². The van der Waals surface area contributed by atoms with Crippen molar-refractivity contribution in [3.63, 3.8) is 0 Å². The minimum atomic E-state index is -0.641. The number of anilines is 1. The van der Waals surface area contributed by atoms with E-state index >= 15 is 0 Å². The number of amides is 1. The third-order valence-electron chi connectivity index (χ3n) is 5.99. The van der Waals surface area contributed by atoms with Gasteiger partial charge in [-0.05, 0) is 61.1 Å². The summed E-state index contributed by atoms with van der Waals surface area (Å²) in [6.07, 6.45) is 2.92. The number of aromatic nitrogens is 2. The van der Waals surface area contributed by atoms with Gasteiger partial charge < -0.3 is 5.32 Å². The highest BCUT2D eigenvalue weighted by Crippen LogP contribution is 2.32. The average molecular weight is 446 g/mol. The van der Waals surface area contributed by atoms with Crippen molar-refractivity contribution >= 4 is 33.1 Å². The Morgan fingerprint density at radius 3 is 2.50 bits per heavy atom. The maximum Gasteiger partial charge on any atom is 0.263 e. The zero-order valence-electron chi connectivity index (χ0n) is 18.8. The molecule has 2 heterocycles. The van der Waals surface area contributed by atoms with Crippen LogP contribution in [0.3, 0.4) is 0 Å². The molecule has 0 saturated carbocycles. The highest BCUT2D eigenvalue weighted by Gasteiger charge is 2.23. The summed E-state index contributed by atoms with van der Waals surface area (Å²) >= 11 is 1.45. The van der Waals surface area contributed by atoms with E-state index in [1.54, 1.807) is 0 Å². The Hall–Kier alpha value is -3.25. The first kappa shape index (κ1) is 22.0. The number of fused-ring (bicyclic) bond motifs is 1. The van der Waals surface area contributed by atoms with Crippen LogP contribution in [0.15, 0.2) is 59.0 Å². The molecule has 0 aliphatic heterocycles. The lowest BCUT2D eigenvalue weighted by Gasteiger charge is -2.18. The third-order valence-corrected chi connectivity index (χ3v) is 6.88. The van der Waals surface area contributed by atoms with E-state index in [0.29, 0.717) is 16.6 Å². The molecule has 5 nitrogen and oxygen atoms in total. The van der Waals surface area contributed by atoms with Gasteiger partial charge in [0.25, 0.3) is 5.56 Å². The smallest absolute Gasteiger partial charge is 0.263 e. The number of thiophene rings is 1. The first-order valence-electron chi connectivity index (χ1n) is 10.9. The molecule has 0 fully saturated rings. The Bertz CT molecular complexity index is 1340. The van der Waals surface area contributed by atoms with Crippen LogP contribution >= 0.6 is 11.3 Å². The number of carbonyl (C=O) groups is 1. The van der Waals surface area contributed by atoms with Gasteiger partial charge in [-0.2, -0.15) is 0 Å². The van der Waals surface area contributed by atoms with Crippen molar-refractivity contribution in [3.05, 3.63) is 81.2 Å². The molecule has 2 aromatic carbocycles. The van der Waals surface area contributed by atoms with E-state index in [4.69, 9.17) is 0 Å². The quantitative estimate of drug-likeness (QED) is 0.402. The van der Waals surface area contributed by atoms with Crippen LogP contribution in [-0.4, -0.2) is 15.5 Å². The van der Waals surface area contributed by atoms with Gasteiger partial charge in [-0.15, -0.1) is 11.3 Å². The first-order valence-corrected chi connectivity index (χ1v) is 11.8. The Balaban J connectivity index is 1.72. The predicted octanol–water partition coefficient (Wildman–Crippen LogP) is 5.89. The second-order valence-corrected chi connectivity index (χ2v) is 8.91. The fourth-order valence-electron chi connectivity index (χ4n) is 3.85. The van der Waals surface area contributed by atoms with Crippen LogP contribution < -0.4 is 10.9 Å². The van der Waals surface area contributed by atoms with E-state index in [0.717, 1.165) is 23.2 Å². The van der Waals surface area contributed by atoms with Crippen molar-refractivity contribution in [1.29, 1.82) is 0 Å². The van der Waals surface area contributed by atoms with Gasteiger partial charge in [0, 0.05) is 16.6 Å². The fraction of sp³-hybridized carbons (Fsp3) is 0.269. The van der Waals surface area contributed by atoms with Crippen LogP contribution in [0, 0.1) is 13.8 Å². The lowest BCUT2D eigenvalue weighted by molar-refractivity contribution is -0.119. The molecule has 4 aromatic rings. The largest absolute Gasteiger partial charge is 0.324 e. The molecular formula is C26H27N3O2S. The van der Waals surface area contributed by atoms with Gasteiger partial charge >= 0.3 is 0 Å². The number of carbonyl (C=O) groups excluding carboxylic acids is 1. The van der Waals surface area contributed by atoms with Crippen molar-refractivity contribution in [3.8, 4) is 11.1 Å². The normalized spacial score (nSPS) is 12.1. The topological polar surface area (TPSA) is 64.0 Å². The molecule has 0 aliphatic rings. The number of aryl methyl sites for hydroxylation is 3. The summed E-state index contributed by atoms with van der Waals surface area (Å²) in [6.45, 7) is 8.12. The van der Waals surface area contributed by atoms with Crippen molar-refractivity contribution in [2.24, 2.45) is 0 Å². The van der Waals surface area contributed by atoms with Crippen molar-refractivity contribution in [1.82, 2.24) is 9.55 Å². The molecule has 0 unspecified atom stereocenters. The highest BCUT2D eigenvalue weighted by molar-refractivity contribution is 7.17. The first-order chi connectivity index (χ1) is 15.4. The summed E-state index contributed by atoms with van der Waals surface area (Å²) in [5.41, 5.74) is 5.98. The van der Waals surface area contributed by atoms with Gasteiger partial charge in [0.2, 0.25) is 5.91 Å². The Morgan fingerprint density at radius 2 is 1.84 bits per heavy atom. The minimum Gasteiger partial charge on any atom is -0.324 e. The monoisotopic (exact) mass is 445 g/mol. The molecule has 1 atom stereocenters. The molecule has 1 N–H and O–H groups in total. The summed E-state index contributed by atoms with van der Waals surface area (Å²) in [5, 5.41) is 5.49. The summed E-state index contributed by atoms with van der Waals surface area (Å²) in [5.74, 6) is -0.219. The van der Waals surface area contributed by atoms with Crippen LogP contribution in [-0.2, 0) is 11.2 Å². The molecule has 0 spiro atoms. The van der Waals surface area contributed by atoms with Crippen LogP contribution in [0.5, 0.6) is 0 Å². The molecule has 2 aromatic heterocycles. The van der Waals surface area contributed by atoms with Gasteiger partial charge in [0.1, 0.15) is 10.9 Å². The van der Waals surface area contributed by atoms with Gasteiger partial charge in [0.05, 0.1) is 11.7 Å². The third kappa shape index (κ3) is 4.10. The molecule has 0 radical (unpaired) electrons. The molecule has 0 aliphatic carbocycles. The summed E-state index contributed by atoms with van der Waals surface area (Å²) in [4.78, 5) is 31.8. The SMILES string of the molecule is CCc1ccc(NC(=O)[C@H](CC)n2cnc3scc(-c4ccc(C)c(C)c4)c3c2=O)cc1. The number of rotatable bonds is 6. The van der Waals surface area contributed by atoms with Crippen LogP contribution in [0.25, 0.3) is 21.3 Å². The zero-order chi connectivity index (χ0) is 22.8. The van der Waals surface area contributed by atoms with Crippen LogP contribution in [0.2, 0.25) is 0 Å². The summed E-state index contributed by atoms with van der Waals surface area (Å²) in [7, 11) is 0. The fourth-order valence-corrected chi connectivity index (χ4v) is 4.75. The predicted molar refractivity (Wildman–Crippen MR) is 133 cm³/mol. The van der Waals surface area contributed by atoms with E-state index in [1.165, 1.54) is 38.9 Å². The maximum absolute atomic E-state index is 13.5. The second-order valence-electron chi connectivity index (χ2n) is 8.05. The van der Waals surface area contributed by atoms with Crippen molar-refractivity contribution in [2.45, 2.75) is 46.6 Å². The minimum absolute atomic E-state index is 0.187. The number of nitrogens with one attached hydrogen (secondary N) is 1. The standard InChI is InChI=1S/C26H27N3O2S/c1-5-18-8-11-20(12-9-18)28-24(30)22(6-2)29-15-27-25-23(26(29)31)21(14-32-25)19-10-7-16(3)17(4)13-19/h7-15,22H,5-6H2,1-4H3,(H,28,30)/t22-/m0/s1. The van der Waals surface area contributed by atoms with Gasteiger partial charge in [-0.3, -0.25) is 14.2 Å². The lowest BCUT2D eigenvalue weighted by atomic mass is 10.0. The number of benzene rings is 2. The van der Waals surface area contributed by atoms with Crippen LogP contribution in [0.1, 0.15) is 43.0 Å². The molecule has 0 saturated heterocycles. The van der Waals surface area contributed by atoms with Crippen molar-refractivity contribution < 1.29 is 4.79 Å². The summed E-state index contributed by atoms with van der Waals surface area (Å²) < 4.78 is 1.47. The summed E-state index contributed by atoms with van der Waals surface area (Å²) in [6, 6.07) is 13.3. The molecule has 1 amide bonds. The number of hydrogen-bond acceptors (Lipinski definition) is 4. The van der Waals surface area contributed by atoms with Gasteiger partial charge in [-0.25, -0.2) is 4.98 Å². The van der Waals surface area contributed by atoms with E-state index in [2.05, 4.69) is 43.2 Å². The Morgan fingerprint density at radius 1 is 1.09 bits per heavy atom. The van der Waals surface area contributed by atoms with Gasteiger partial charge in [-0.1, -0.05) is 44.2 Å². The average Bonchev–Trinajstić information content (AvgIpc) is 3.23. The van der Waals surface area contributed by atoms with E-state index in [9.17, 15) is 9.59 Å². The van der Waals surface area contributed by atoms with E-state index in [1.807, 2.05) is 42.6 Å². The Labute approximate surface area is 191 Å². The zero-order valence-corrected chi connectivity index (χ0v) is 19.6. The van der Waals surface area contributed by atoms with E-state index < -0.39 is 6.04 Å². The van der Waals surface area contributed by atoms with Crippen LogP contribution in [0.4, 0.5) is 5.69 Å². The maximum atomic E-state index is 13.5. The second kappa shape index (κ2) is 9.09. The molecule has 6 heteroatoms. The molecule has 32 heavy (non-hydrogen) atoms.